The number of para-hydroxylation sites is 1. The molecule has 1 fully saturated rings. The van der Waals surface area contributed by atoms with Crippen molar-refractivity contribution < 1.29 is 9.53 Å². The van der Waals surface area contributed by atoms with Gasteiger partial charge in [0.1, 0.15) is 5.75 Å². The van der Waals surface area contributed by atoms with Gasteiger partial charge in [-0.25, -0.2) is 0 Å². The number of ether oxygens (including phenoxy) is 1. The van der Waals surface area contributed by atoms with E-state index in [9.17, 15) is 4.79 Å². The summed E-state index contributed by atoms with van der Waals surface area (Å²) >= 11 is 0. The molecule has 0 aliphatic heterocycles. The zero-order valence-corrected chi connectivity index (χ0v) is 16.4. The fourth-order valence-electron chi connectivity index (χ4n) is 3.68. The van der Waals surface area contributed by atoms with Crippen LogP contribution in [0.15, 0.2) is 24.3 Å². The van der Waals surface area contributed by atoms with Gasteiger partial charge in [0.25, 0.3) is 5.91 Å². The van der Waals surface area contributed by atoms with Gasteiger partial charge < -0.3 is 10.1 Å². The van der Waals surface area contributed by atoms with E-state index in [1.807, 2.05) is 24.3 Å². The van der Waals surface area contributed by atoms with Gasteiger partial charge in [0, 0.05) is 6.04 Å². The first-order valence-corrected chi connectivity index (χ1v) is 9.94. The first-order chi connectivity index (χ1) is 11.9. The SMILES string of the molecule is CCCCCOc1ccccc1C(=O)NC1CCC(C(C)(C)C)CC1. The van der Waals surface area contributed by atoms with Crippen molar-refractivity contribution in [3.05, 3.63) is 29.8 Å². The van der Waals surface area contributed by atoms with Crippen LogP contribution in [0.1, 0.15) is 83.0 Å². The molecule has 0 bridgehead atoms. The van der Waals surface area contributed by atoms with Crippen molar-refractivity contribution in [2.45, 2.75) is 78.7 Å². The second-order valence-electron chi connectivity index (χ2n) is 8.44. The lowest BCUT2D eigenvalue weighted by molar-refractivity contribution is 0.0900. The summed E-state index contributed by atoms with van der Waals surface area (Å²) in [6.45, 7) is 9.82. The molecule has 0 unspecified atom stereocenters. The van der Waals surface area contributed by atoms with Gasteiger partial charge in [-0.2, -0.15) is 0 Å². The van der Waals surface area contributed by atoms with Crippen molar-refractivity contribution in [2.24, 2.45) is 11.3 Å². The monoisotopic (exact) mass is 345 g/mol. The number of unbranched alkanes of at least 4 members (excludes halogenated alkanes) is 2. The molecule has 1 aromatic rings. The van der Waals surface area contributed by atoms with Gasteiger partial charge in [-0.05, 0) is 55.6 Å². The number of carbonyl (C=O) groups excluding carboxylic acids is 1. The highest BCUT2D eigenvalue weighted by Crippen LogP contribution is 2.37. The standard InChI is InChI=1S/C22H35NO2/c1-5-6-9-16-25-20-11-8-7-10-19(20)21(24)23-18-14-12-17(13-15-18)22(2,3)4/h7-8,10-11,17-18H,5-6,9,12-16H2,1-4H3,(H,23,24). The Hall–Kier alpha value is -1.51. The topological polar surface area (TPSA) is 38.3 Å². The van der Waals surface area contributed by atoms with Crippen LogP contribution in [0.2, 0.25) is 0 Å². The number of amides is 1. The van der Waals surface area contributed by atoms with Gasteiger partial charge in [0.15, 0.2) is 0 Å². The maximum absolute atomic E-state index is 12.7. The molecule has 0 saturated heterocycles. The average molecular weight is 346 g/mol. The van der Waals surface area contributed by atoms with Crippen molar-refractivity contribution in [3.8, 4) is 5.75 Å². The molecule has 25 heavy (non-hydrogen) atoms. The molecule has 0 radical (unpaired) electrons. The van der Waals surface area contributed by atoms with Gasteiger partial charge in [0.2, 0.25) is 0 Å². The fraction of sp³-hybridized carbons (Fsp3) is 0.682. The molecule has 0 aromatic heterocycles. The van der Waals surface area contributed by atoms with Crippen LogP contribution in [0.5, 0.6) is 5.75 Å². The fourth-order valence-corrected chi connectivity index (χ4v) is 3.68. The molecule has 1 aromatic carbocycles. The Kier molecular flexibility index (Phi) is 7.34. The minimum atomic E-state index is 0.00491. The van der Waals surface area contributed by atoms with Crippen molar-refractivity contribution in [1.29, 1.82) is 0 Å². The number of carbonyl (C=O) groups is 1. The molecule has 1 amide bonds. The zero-order valence-electron chi connectivity index (χ0n) is 16.4. The van der Waals surface area contributed by atoms with Crippen molar-refractivity contribution in [2.75, 3.05) is 6.61 Å². The van der Waals surface area contributed by atoms with E-state index < -0.39 is 0 Å². The summed E-state index contributed by atoms with van der Waals surface area (Å²) in [5, 5.41) is 3.23. The molecule has 2 rings (SSSR count). The second-order valence-corrected chi connectivity index (χ2v) is 8.44. The third kappa shape index (κ3) is 6.05. The molecule has 1 N–H and O–H groups in total. The lowest BCUT2D eigenvalue weighted by atomic mass is 9.71. The van der Waals surface area contributed by atoms with E-state index in [1.54, 1.807) is 0 Å². The molecule has 140 valence electrons. The van der Waals surface area contributed by atoms with Crippen LogP contribution in [0.4, 0.5) is 0 Å². The van der Waals surface area contributed by atoms with E-state index in [4.69, 9.17) is 4.74 Å². The van der Waals surface area contributed by atoms with E-state index in [2.05, 4.69) is 33.0 Å². The number of benzene rings is 1. The summed E-state index contributed by atoms with van der Waals surface area (Å²) in [4.78, 5) is 12.7. The molecular formula is C22H35NO2. The molecule has 0 atom stereocenters. The lowest BCUT2D eigenvalue weighted by Crippen LogP contribution is -2.39. The Balaban J connectivity index is 1.89. The molecule has 1 saturated carbocycles. The van der Waals surface area contributed by atoms with Gasteiger partial charge in [0.05, 0.1) is 12.2 Å². The van der Waals surface area contributed by atoms with Gasteiger partial charge in [-0.15, -0.1) is 0 Å². The Morgan fingerprint density at radius 2 is 1.80 bits per heavy atom. The third-order valence-electron chi connectivity index (χ3n) is 5.42. The van der Waals surface area contributed by atoms with Crippen molar-refractivity contribution >= 4 is 5.91 Å². The Labute approximate surface area is 153 Å². The Morgan fingerprint density at radius 1 is 1.12 bits per heavy atom. The van der Waals surface area contributed by atoms with Crippen molar-refractivity contribution in [1.82, 2.24) is 5.32 Å². The van der Waals surface area contributed by atoms with Crippen molar-refractivity contribution in [3.63, 3.8) is 0 Å². The molecule has 0 heterocycles. The van der Waals surface area contributed by atoms with Crippen LogP contribution in [-0.4, -0.2) is 18.6 Å². The second kappa shape index (κ2) is 9.26. The summed E-state index contributed by atoms with van der Waals surface area (Å²) < 4.78 is 5.85. The molecule has 0 spiro atoms. The van der Waals surface area contributed by atoms with Gasteiger partial charge in [-0.3, -0.25) is 4.79 Å². The summed E-state index contributed by atoms with van der Waals surface area (Å²) in [6, 6.07) is 7.90. The third-order valence-corrected chi connectivity index (χ3v) is 5.42. The largest absolute Gasteiger partial charge is 0.493 e. The first-order valence-electron chi connectivity index (χ1n) is 9.94. The summed E-state index contributed by atoms with van der Waals surface area (Å²) in [5.41, 5.74) is 1.03. The number of hydrogen-bond donors (Lipinski definition) is 1. The van der Waals surface area contributed by atoms with Gasteiger partial charge >= 0.3 is 0 Å². The van der Waals surface area contributed by atoms with E-state index in [0.29, 0.717) is 29.4 Å². The first kappa shape index (κ1) is 19.8. The molecule has 1 aliphatic carbocycles. The molecule has 3 heteroatoms. The lowest BCUT2D eigenvalue weighted by Gasteiger charge is -2.37. The normalized spacial score (nSPS) is 21.0. The Morgan fingerprint density at radius 3 is 2.44 bits per heavy atom. The molecular weight excluding hydrogens is 310 g/mol. The van der Waals surface area contributed by atoms with E-state index in [1.165, 1.54) is 19.3 Å². The maximum Gasteiger partial charge on any atom is 0.255 e. The summed E-state index contributed by atoms with van der Waals surface area (Å²) in [5.74, 6) is 1.47. The molecule has 3 nitrogen and oxygen atoms in total. The minimum absolute atomic E-state index is 0.00491. The Bertz CT molecular complexity index is 539. The molecule has 1 aliphatic rings. The van der Waals surface area contributed by atoms with Crippen LogP contribution in [0, 0.1) is 11.3 Å². The van der Waals surface area contributed by atoms with E-state index >= 15 is 0 Å². The summed E-state index contributed by atoms with van der Waals surface area (Å²) in [6.07, 6.45) is 7.91. The smallest absolute Gasteiger partial charge is 0.255 e. The van der Waals surface area contributed by atoms with Crippen LogP contribution >= 0.6 is 0 Å². The highest BCUT2D eigenvalue weighted by molar-refractivity contribution is 5.97. The van der Waals surface area contributed by atoms with E-state index in [0.717, 1.165) is 31.6 Å². The predicted molar refractivity (Wildman–Crippen MR) is 104 cm³/mol. The number of hydrogen-bond acceptors (Lipinski definition) is 2. The zero-order chi connectivity index (χ0) is 18.3. The van der Waals surface area contributed by atoms with E-state index in [-0.39, 0.29) is 5.91 Å². The quantitative estimate of drug-likeness (QED) is 0.654. The predicted octanol–water partition coefficient (Wildman–Crippen LogP) is 5.59. The van der Waals surface area contributed by atoms with Crippen LogP contribution < -0.4 is 10.1 Å². The number of rotatable bonds is 7. The van der Waals surface area contributed by atoms with Crippen LogP contribution in [-0.2, 0) is 0 Å². The highest BCUT2D eigenvalue weighted by atomic mass is 16.5. The van der Waals surface area contributed by atoms with Crippen LogP contribution in [0.25, 0.3) is 0 Å². The van der Waals surface area contributed by atoms with Gasteiger partial charge in [-0.1, -0.05) is 52.7 Å². The highest BCUT2D eigenvalue weighted by Gasteiger charge is 2.30. The number of nitrogens with one attached hydrogen (secondary N) is 1. The maximum atomic E-state index is 12.7. The summed E-state index contributed by atoms with van der Waals surface area (Å²) in [7, 11) is 0. The van der Waals surface area contributed by atoms with Crippen LogP contribution in [0.3, 0.4) is 0 Å². The minimum Gasteiger partial charge on any atom is -0.493 e. The average Bonchev–Trinajstić information content (AvgIpc) is 2.59.